The van der Waals surface area contributed by atoms with E-state index < -0.39 is 0 Å². The molecule has 0 atom stereocenters. The van der Waals surface area contributed by atoms with Gasteiger partial charge in [0.2, 0.25) is 0 Å². The second-order valence-electron chi connectivity index (χ2n) is 3.20. The van der Waals surface area contributed by atoms with Crippen LogP contribution in [0.15, 0.2) is 29.8 Å². The van der Waals surface area contributed by atoms with Crippen LogP contribution < -0.4 is 11.1 Å². The Kier molecular flexibility index (Phi) is 3.03. The standard InChI is InChI=1S/C11H10N4S/c12-6-8-5-9(13)1-2-10(8)15-7-11-14-3-4-16-11/h1-5,15H,7,13H2. The highest BCUT2D eigenvalue weighted by Gasteiger charge is 2.02. The molecule has 0 aliphatic carbocycles. The molecule has 1 aromatic heterocycles. The number of hydrogen-bond acceptors (Lipinski definition) is 5. The van der Waals surface area contributed by atoms with Crippen molar-refractivity contribution in [1.29, 1.82) is 5.26 Å². The van der Waals surface area contributed by atoms with Gasteiger partial charge >= 0.3 is 0 Å². The Hall–Kier alpha value is -2.06. The lowest BCUT2D eigenvalue weighted by atomic mass is 10.2. The third-order valence-electron chi connectivity index (χ3n) is 2.08. The summed E-state index contributed by atoms with van der Waals surface area (Å²) < 4.78 is 0. The van der Waals surface area contributed by atoms with E-state index in [0.717, 1.165) is 10.7 Å². The van der Waals surface area contributed by atoms with Gasteiger partial charge in [0.05, 0.1) is 17.8 Å². The fraction of sp³-hybridized carbons (Fsp3) is 0.0909. The highest BCUT2D eigenvalue weighted by Crippen LogP contribution is 2.19. The van der Waals surface area contributed by atoms with E-state index in [0.29, 0.717) is 17.8 Å². The number of nitrogens with zero attached hydrogens (tertiary/aromatic N) is 2. The van der Waals surface area contributed by atoms with E-state index >= 15 is 0 Å². The van der Waals surface area contributed by atoms with Crippen molar-refractivity contribution in [3.63, 3.8) is 0 Å². The van der Waals surface area contributed by atoms with Crippen LogP contribution in [0.1, 0.15) is 10.6 Å². The van der Waals surface area contributed by atoms with Gasteiger partial charge in [0.15, 0.2) is 0 Å². The van der Waals surface area contributed by atoms with Crippen LogP contribution in [-0.2, 0) is 6.54 Å². The number of thiazole rings is 1. The van der Waals surface area contributed by atoms with Crippen molar-refractivity contribution in [2.24, 2.45) is 0 Å². The first-order chi connectivity index (χ1) is 7.79. The molecule has 0 radical (unpaired) electrons. The molecule has 2 rings (SSSR count). The number of nitriles is 1. The summed E-state index contributed by atoms with van der Waals surface area (Å²) in [7, 11) is 0. The number of benzene rings is 1. The molecule has 3 N–H and O–H groups in total. The first-order valence-electron chi connectivity index (χ1n) is 4.71. The van der Waals surface area contributed by atoms with Crippen LogP contribution in [0.4, 0.5) is 11.4 Å². The van der Waals surface area contributed by atoms with Crippen LogP contribution in [0.2, 0.25) is 0 Å². The monoisotopic (exact) mass is 230 g/mol. The van der Waals surface area contributed by atoms with E-state index in [1.54, 1.807) is 29.7 Å². The molecule has 2 aromatic rings. The molecule has 0 saturated carbocycles. The fourth-order valence-electron chi connectivity index (χ4n) is 1.32. The summed E-state index contributed by atoms with van der Waals surface area (Å²) in [4.78, 5) is 4.15. The van der Waals surface area contributed by atoms with Crippen molar-refractivity contribution >= 4 is 22.7 Å². The van der Waals surface area contributed by atoms with E-state index in [2.05, 4.69) is 16.4 Å². The minimum atomic E-state index is 0.552. The molecule has 0 aliphatic heterocycles. The Balaban J connectivity index is 2.13. The van der Waals surface area contributed by atoms with Crippen molar-refractivity contribution in [1.82, 2.24) is 4.98 Å². The second-order valence-corrected chi connectivity index (χ2v) is 4.18. The maximum absolute atomic E-state index is 8.94. The number of aromatic nitrogens is 1. The maximum atomic E-state index is 8.94. The molecule has 80 valence electrons. The van der Waals surface area contributed by atoms with Gasteiger partial charge in [-0.2, -0.15) is 5.26 Å². The van der Waals surface area contributed by atoms with E-state index in [-0.39, 0.29) is 0 Å². The van der Waals surface area contributed by atoms with Crippen molar-refractivity contribution in [3.05, 3.63) is 40.3 Å². The van der Waals surface area contributed by atoms with Crippen LogP contribution in [0.3, 0.4) is 0 Å². The van der Waals surface area contributed by atoms with Gasteiger partial charge in [-0.05, 0) is 18.2 Å². The van der Waals surface area contributed by atoms with E-state index in [1.165, 1.54) is 0 Å². The summed E-state index contributed by atoms with van der Waals surface area (Å²) in [6.45, 7) is 0.621. The first kappa shape index (κ1) is 10.5. The zero-order chi connectivity index (χ0) is 11.4. The van der Waals surface area contributed by atoms with Crippen molar-refractivity contribution in [2.75, 3.05) is 11.1 Å². The van der Waals surface area contributed by atoms with Gasteiger partial charge in [0.25, 0.3) is 0 Å². The van der Waals surface area contributed by atoms with Crippen molar-refractivity contribution < 1.29 is 0 Å². The molecule has 0 aliphatic rings. The second kappa shape index (κ2) is 4.64. The van der Waals surface area contributed by atoms with Gasteiger partial charge in [-0.3, -0.25) is 0 Å². The van der Waals surface area contributed by atoms with Crippen LogP contribution in [0.5, 0.6) is 0 Å². The van der Waals surface area contributed by atoms with E-state index in [1.807, 2.05) is 11.4 Å². The lowest BCUT2D eigenvalue weighted by Crippen LogP contribution is -2.01. The Morgan fingerprint density at radius 1 is 1.50 bits per heavy atom. The summed E-state index contributed by atoms with van der Waals surface area (Å²) in [5.74, 6) is 0. The summed E-state index contributed by atoms with van der Waals surface area (Å²) in [6, 6.07) is 7.34. The largest absolute Gasteiger partial charge is 0.399 e. The fourth-order valence-corrected chi connectivity index (χ4v) is 1.88. The van der Waals surface area contributed by atoms with E-state index in [9.17, 15) is 0 Å². The number of anilines is 2. The lowest BCUT2D eigenvalue weighted by Gasteiger charge is -2.06. The molecule has 0 fully saturated rings. The van der Waals surface area contributed by atoms with Gasteiger partial charge in [-0.15, -0.1) is 11.3 Å². The molecule has 0 amide bonds. The Morgan fingerprint density at radius 3 is 3.06 bits per heavy atom. The van der Waals surface area contributed by atoms with Gasteiger partial charge in [0, 0.05) is 17.3 Å². The summed E-state index contributed by atoms with van der Waals surface area (Å²) >= 11 is 1.58. The zero-order valence-electron chi connectivity index (χ0n) is 8.47. The smallest absolute Gasteiger partial charge is 0.112 e. The predicted molar refractivity (Wildman–Crippen MR) is 65.0 cm³/mol. The Bertz CT molecular complexity index is 513. The molecule has 4 nitrogen and oxygen atoms in total. The SMILES string of the molecule is N#Cc1cc(N)ccc1NCc1nccs1. The highest BCUT2D eigenvalue weighted by molar-refractivity contribution is 7.09. The van der Waals surface area contributed by atoms with Gasteiger partial charge < -0.3 is 11.1 Å². The molecule has 0 spiro atoms. The zero-order valence-corrected chi connectivity index (χ0v) is 9.29. The van der Waals surface area contributed by atoms with E-state index in [4.69, 9.17) is 11.0 Å². The normalized spacial score (nSPS) is 9.69. The van der Waals surface area contributed by atoms with Crippen LogP contribution >= 0.6 is 11.3 Å². The minimum absolute atomic E-state index is 0.552. The van der Waals surface area contributed by atoms with Crippen molar-refractivity contribution in [3.8, 4) is 6.07 Å². The molecule has 5 heteroatoms. The average Bonchev–Trinajstić information content (AvgIpc) is 2.80. The molecule has 0 bridgehead atoms. The number of nitrogen functional groups attached to an aromatic ring is 1. The lowest BCUT2D eigenvalue weighted by molar-refractivity contribution is 1.10. The summed E-state index contributed by atoms with van der Waals surface area (Å²) in [6.07, 6.45) is 1.76. The average molecular weight is 230 g/mol. The molecule has 16 heavy (non-hydrogen) atoms. The van der Waals surface area contributed by atoms with Crippen LogP contribution in [-0.4, -0.2) is 4.98 Å². The third kappa shape index (κ3) is 2.30. The third-order valence-corrected chi connectivity index (χ3v) is 2.86. The quantitative estimate of drug-likeness (QED) is 0.793. The number of nitrogens with one attached hydrogen (secondary N) is 1. The number of rotatable bonds is 3. The summed E-state index contributed by atoms with van der Waals surface area (Å²) in [5.41, 5.74) is 7.54. The van der Waals surface area contributed by atoms with Gasteiger partial charge in [-0.1, -0.05) is 0 Å². The predicted octanol–water partition coefficient (Wildman–Crippen LogP) is 2.21. The first-order valence-corrected chi connectivity index (χ1v) is 5.59. The Morgan fingerprint density at radius 2 is 2.38 bits per heavy atom. The highest BCUT2D eigenvalue weighted by atomic mass is 32.1. The summed E-state index contributed by atoms with van der Waals surface area (Å²) in [5, 5.41) is 15.0. The van der Waals surface area contributed by atoms with Gasteiger partial charge in [0.1, 0.15) is 11.1 Å². The number of hydrogen-bond donors (Lipinski definition) is 2. The molecule has 0 unspecified atom stereocenters. The topological polar surface area (TPSA) is 74.7 Å². The van der Waals surface area contributed by atoms with Crippen LogP contribution in [0.25, 0.3) is 0 Å². The molecule has 1 aromatic carbocycles. The molecule has 0 saturated heterocycles. The number of nitrogens with two attached hydrogens (primary N) is 1. The Labute approximate surface area is 97.4 Å². The van der Waals surface area contributed by atoms with Crippen molar-refractivity contribution in [2.45, 2.75) is 6.54 Å². The molecule has 1 heterocycles. The molecular formula is C11H10N4S. The minimum Gasteiger partial charge on any atom is -0.399 e. The van der Waals surface area contributed by atoms with Crippen LogP contribution in [0, 0.1) is 11.3 Å². The van der Waals surface area contributed by atoms with Gasteiger partial charge in [-0.25, -0.2) is 4.98 Å². The maximum Gasteiger partial charge on any atom is 0.112 e. The molecular weight excluding hydrogens is 220 g/mol.